The number of nitrogen functional groups attached to an aromatic ring is 1. The van der Waals surface area contributed by atoms with Crippen LogP contribution in [0.5, 0.6) is 5.75 Å². The number of carboxylic acid groups (broad SMARTS) is 1. The first-order valence-corrected chi connectivity index (χ1v) is 5.02. The molecule has 0 aliphatic heterocycles. The van der Waals surface area contributed by atoms with Crippen molar-refractivity contribution in [2.24, 2.45) is 0 Å². The zero-order valence-electron chi connectivity index (χ0n) is 9.00. The Bertz CT molecular complexity index is 393. The summed E-state index contributed by atoms with van der Waals surface area (Å²) in [6.07, 6.45) is 1.73. The molecule has 0 saturated heterocycles. The largest absolute Gasteiger partial charge is 0.493 e. The van der Waals surface area contributed by atoms with Crippen molar-refractivity contribution >= 4 is 11.7 Å². The zero-order valence-corrected chi connectivity index (χ0v) is 9.00. The quantitative estimate of drug-likeness (QED) is 0.598. The smallest absolute Gasteiger partial charge is 0.341 e. The molecule has 0 unspecified atom stereocenters. The molecule has 3 N–H and O–H groups in total. The van der Waals surface area contributed by atoms with Crippen LogP contribution in [-0.4, -0.2) is 17.7 Å². The van der Waals surface area contributed by atoms with E-state index in [1.54, 1.807) is 0 Å². The van der Waals surface area contributed by atoms with Crippen LogP contribution >= 0.6 is 0 Å². The number of carboxylic acids is 1. The highest BCUT2D eigenvalue weighted by atomic mass is 19.1. The van der Waals surface area contributed by atoms with E-state index in [4.69, 9.17) is 15.6 Å². The molecule has 0 radical (unpaired) electrons. The molecule has 16 heavy (non-hydrogen) atoms. The fourth-order valence-corrected chi connectivity index (χ4v) is 1.24. The number of carbonyl (C=O) groups is 1. The Morgan fingerprint density at radius 3 is 2.81 bits per heavy atom. The Morgan fingerprint density at radius 2 is 2.25 bits per heavy atom. The molecule has 1 aromatic rings. The van der Waals surface area contributed by atoms with Gasteiger partial charge in [-0.15, -0.1) is 0 Å². The maximum atomic E-state index is 13.1. The summed E-state index contributed by atoms with van der Waals surface area (Å²) in [5, 5.41) is 8.90. The van der Waals surface area contributed by atoms with Crippen molar-refractivity contribution in [3.05, 3.63) is 23.5 Å². The molecule has 0 aliphatic carbocycles. The first kappa shape index (κ1) is 12.3. The van der Waals surface area contributed by atoms with Gasteiger partial charge in [0.25, 0.3) is 0 Å². The van der Waals surface area contributed by atoms with Crippen molar-refractivity contribution < 1.29 is 19.0 Å². The number of anilines is 1. The van der Waals surface area contributed by atoms with Crippen LogP contribution in [-0.2, 0) is 0 Å². The lowest BCUT2D eigenvalue weighted by Crippen LogP contribution is -2.09. The molecule has 4 nitrogen and oxygen atoms in total. The number of halogens is 1. The number of hydrogen-bond donors (Lipinski definition) is 2. The second-order valence-corrected chi connectivity index (χ2v) is 3.34. The molecule has 0 atom stereocenters. The maximum Gasteiger partial charge on any atom is 0.341 e. The third-order valence-corrected chi connectivity index (χ3v) is 2.12. The summed E-state index contributed by atoms with van der Waals surface area (Å²) in [5.74, 6) is -1.93. The normalized spacial score (nSPS) is 10.1. The van der Waals surface area contributed by atoms with Gasteiger partial charge in [-0.1, -0.05) is 13.3 Å². The first-order chi connectivity index (χ1) is 7.57. The molecule has 0 saturated carbocycles. The van der Waals surface area contributed by atoms with E-state index in [0.29, 0.717) is 6.61 Å². The van der Waals surface area contributed by atoms with Gasteiger partial charge in [-0.25, -0.2) is 9.18 Å². The number of ether oxygens (including phenoxy) is 1. The van der Waals surface area contributed by atoms with E-state index < -0.39 is 11.8 Å². The molecular weight excluding hydrogens is 213 g/mol. The van der Waals surface area contributed by atoms with Gasteiger partial charge in [0.15, 0.2) is 0 Å². The lowest BCUT2D eigenvalue weighted by molar-refractivity contribution is 0.0693. The average molecular weight is 227 g/mol. The molecular formula is C11H14FNO3. The van der Waals surface area contributed by atoms with Gasteiger partial charge in [-0.3, -0.25) is 0 Å². The van der Waals surface area contributed by atoms with Gasteiger partial charge >= 0.3 is 5.97 Å². The van der Waals surface area contributed by atoms with Crippen molar-refractivity contribution in [3.63, 3.8) is 0 Å². The predicted octanol–water partition coefficient (Wildman–Crippen LogP) is 2.28. The van der Waals surface area contributed by atoms with Crippen LogP contribution < -0.4 is 10.5 Å². The van der Waals surface area contributed by atoms with Crippen LogP contribution in [0.1, 0.15) is 30.1 Å². The Kier molecular flexibility index (Phi) is 4.10. The summed E-state index contributed by atoms with van der Waals surface area (Å²) in [5.41, 5.74) is 4.66. The van der Waals surface area contributed by atoms with Crippen LogP contribution in [0.2, 0.25) is 0 Å². The van der Waals surface area contributed by atoms with Crippen molar-refractivity contribution in [2.45, 2.75) is 19.8 Å². The highest BCUT2D eigenvalue weighted by Gasteiger charge is 2.18. The third kappa shape index (κ3) is 2.62. The Labute approximate surface area is 92.8 Å². The lowest BCUT2D eigenvalue weighted by atomic mass is 10.1. The van der Waals surface area contributed by atoms with E-state index in [2.05, 4.69) is 0 Å². The summed E-state index contributed by atoms with van der Waals surface area (Å²) >= 11 is 0. The minimum atomic E-state index is -1.29. The molecule has 0 heterocycles. The second-order valence-electron chi connectivity index (χ2n) is 3.34. The molecule has 1 rings (SSSR count). The summed E-state index contributed by atoms with van der Waals surface area (Å²) < 4.78 is 18.3. The Balaban J connectivity index is 2.99. The van der Waals surface area contributed by atoms with Crippen LogP contribution in [0.25, 0.3) is 0 Å². The van der Waals surface area contributed by atoms with E-state index in [-0.39, 0.29) is 17.0 Å². The molecule has 0 aliphatic rings. The zero-order chi connectivity index (χ0) is 12.1. The maximum absolute atomic E-state index is 13.1. The summed E-state index contributed by atoms with van der Waals surface area (Å²) in [4.78, 5) is 10.9. The van der Waals surface area contributed by atoms with Crippen LogP contribution in [0.15, 0.2) is 12.1 Å². The molecule has 1 aromatic carbocycles. The Morgan fingerprint density at radius 1 is 1.56 bits per heavy atom. The van der Waals surface area contributed by atoms with Crippen LogP contribution in [0, 0.1) is 5.82 Å². The number of nitrogens with two attached hydrogens (primary N) is 1. The molecule has 0 amide bonds. The fraction of sp³-hybridized carbons (Fsp3) is 0.364. The van der Waals surface area contributed by atoms with Gasteiger partial charge in [-0.2, -0.15) is 0 Å². The van der Waals surface area contributed by atoms with Crippen LogP contribution in [0.3, 0.4) is 0 Å². The molecule has 0 fully saturated rings. The summed E-state index contributed by atoms with van der Waals surface area (Å²) in [6.45, 7) is 2.38. The number of hydrogen-bond acceptors (Lipinski definition) is 3. The molecule has 88 valence electrons. The van der Waals surface area contributed by atoms with E-state index in [1.165, 1.54) is 6.07 Å². The average Bonchev–Trinajstić information content (AvgIpc) is 2.23. The standard InChI is InChI=1S/C11H14FNO3/c1-2-3-6-16-8-5-4-7(12)10(13)9(8)11(14)15/h4-5H,2-3,6,13H2,1H3,(H,14,15). The minimum Gasteiger partial charge on any atom is -0.493 e. The highest BCUT2D eigenvalue weighted by Crippen LogP contribution is 2.27. The van der Waals surface area contributed by atoms with Crippen molar-refractivity contribution in [1.29, 1.82) is 0 Å². The van der Waals surface area contributed by atoms with E-state index >= 15 is 0 Å². The predicted molar refractivity (Wildman–Crippen MR) is 58.2 cm³/mol. The molecule has 0 bridgehead atoms. The van der Waals surface area contributed by atoms with Crippen molar-refractivity contribution in [1.82, 2.24) is 0 Å². The first-order valence-electron chi connectivity index (χ1n) is 5.02. The lowest BCUT2D eigenvalue weighted by Gasteiger charge is -2.10. The third-order valence-electron chi connectivity index (χ3n) is 2.12. The number of rotatable bonds is 5. The monoisotopic (exact) mass is 227 g/mol. The fourth-order valence-electron chi connectivity index (χ4n) is 1.24. The Hall–Kier alpha value is -1.78. The van der Waals surface area contributed by atoms with Gasteiger partial charge in [0.2, 0.25) is 0 Å². The number of unbranched alkanes of at least 4 members (excludes halogenated alkanes) is 1. The van der Waals surface area contributed by atoms with E-state index in [9.17, 15) is 9.18 Å². The van der Waals surface area contributed by atoms with Crippen LogP contribution in [0.4, 0.5) is 10.1 Å². The minimum absolute atomic E-state index is 0.111. The molecule has 5 heteroatoms. The van der Waals surface area contributed by atoms with Gasteiger partial charge in [-0.05, 0) is 18.6 Å². The SMILES string of the molecule is CCCCOc1ccc(F)c(N)c1C(=O)O. The van der Waals surface area contributed by atoms with Gasteiger partial charge in [0.1, 0.15) is 17.1 Å². The molecule has 0 spiro atoms. The summed E-state index contributed by atoms with van der Waals surface area (Å²) in [6, 6.07) is 2.38. The summed E-state index contributed by atoms with van der Waals surface area (Å²) in [7, 11) is 0. The van der Waals surface area contributed by atoms with Gasteiger partial charge in [0.05, 0.1) is 12.3 Å². The highest BCUT2D eigenvalue weighted by molar-refractivity contribution is 5.96. The van der Waals surface area contributed by atoms with E-state index in [0.717, 1.165) is 18.9 Å². The van der Waals surface area contributed by atoms with Gasteiger partial charge in [0, 0.05) is 0 Å². The second kappa shape index (κ2) is 5.34. The van der Waals surface area contributed by atoms with E-state index in [1.807, 2.05) is 6.92 Å². The van der Waals surface area contributed by atoms with Crippen molar-refractivity contribution in [3.8, 4) is 5.75 Å². The van der Waals surface area contributed by atoms with Crippen molar-refractivity contribution in [2.75, 3.05) is 12.3 Å². The number of aromatic carboxylic acids is 1. The molecule has 0 aromatic heterocycles. The topological polar surface area (TPSA) is 72.5 Å². The number of benzene rings is 1. The van der Waals surface area contributed by atoms with Gasteiger partial charge < -0.3 is 15.6 Å².